The zero-order valence-electron chi connectivity index (χ0n) is 11.6. The number of rotatable bonds is 3. The third-order valence-electron chi connectivity index (χ3n) is 3.72. The van der Waals surface area contributed by atoms with Crippen molar-refractivity contribution in [3.63, 3.8) is 0 Å². The Morgan fingerprint density at radius 3 is 2.63 bits per heavy atom. The molecule has 2 aliphatic rings. The number of hydrogen-bond acceptors (Lipinski definition) is 3. The Morgan fingerprint density at radius 2 is 2.05 bits per heavy atom. The minimum atomic E-state index is -1.05. The topological polar surface area (TPSA) is 66.8 Å². The van der Waals surface area contributed by atoms with E-state index in [0.717, 1.165) is 6.42 Å². The Balaban J connectivity index is 1.95. The average molecular weight is 267 g/mol. The molecule has 1 aliphatic carbocycles. The number of fused-ring (bicyclic) bond motifs is 2. The maximum absolute atomic E-state index is 12.1. The van der Waals surface area contributed by atoms with Gasteiger partial charge in [0.25, 0.3) is 0 Å². The number of carbonyl (C=O) groups is 2. The fourth-order valence-electron chi connectivity index (χ4n) is 2.65. The van der Waals surface area contributed by atoms with E-state index in [1.54, 1.807) is 0 Å². The highest BCUT2D eigenvalue weighted by Crippen LogP contribution is 2.37. The Morgan fingerprint density at radius 1 is 1.37 bits per heavy atom. The maximum atomic E-state index is 12.1. The predicted molar refractivity (Wildman–Crippen MR) is 69.7 cm³/mol. The number of carboxylic acid groups (broad SMARTS) is 1. The third-order valence-corrected chi connectivity index (χ3v) is 3.72. The number of amides is 1. The van der Waals surface area contributed by atoms with E-state index in [1.165, 1.54) is 4.90 Å². The highest BCUT2D eigenvalue weighted by atomic mass is 16.5. The van der Waals surface area contributed by atoms with Crippen molar-refractivity contribution in [2.75, 3.05) is 6.61 Å². The van der Waals surface area contributed by atoms with E-state index >= 15 is 0 Å². The number of esters is 1. The van der Waals surface area contributed by atoms with E-state index in [4.69, 9.17) is 4.74 Å². The van der Waals surface area contributed by atoms with Crippen LogP contribution in [0.3, 0.4) is 0 Å². The summed E-state index contributed by atoms with van der Waals surface area (Å²) in [5.41, 5.74) is 0.0986. The van der Waals surface area contributed by atoms with Crippen LogP contribution in [0.1, 0.15) is 33.6 Å². The molecule has 0 radical (unpaired) electrons. The first-order chi connectivity index (χ1) is 8.79. The van der Waals surface area contributed by atoms with Crippen LogP contribution in [0.25, 0.3) is 0 Å². The van der Waals surface area contributed by atoms with Crippen LogP contribution in [0.4, 0.5) is 4.79 Å². The van der Waals surface area contributed by atoms with Gasteiger partial charge in [-0.3, -0.25) is 4.90 Å². The molecule has 19 heavy (non-hydrogen) atoms. The first-order valence-corrected chi connectivity index (χ1v) is 6.66. The van der Waals surface area contributed by atoms with Crippen LogP contribution >= 0.6 is 0 Å². The molecule has 1 aliphatic heterocycles. The van der Waals surface area contributed by atoms with Crippen LogP contribution in [-0.2, 0) is 9.53 Å². The molecule has 1 amide bonds. The van der Waals surface area contributed by atoms with Crippen LogP contribution in [0.2, 0.25) is 0 Å². The van der Waals surface area contributed by atoms with Gasteiger partial charge in [-0.15, -0.1) is 0 Å². The van der Waals surface area contributed by atoms with Crippen molar-refractivity contribution in [2.45, 2.75) is 45.7 Å². The molecular formula is C14H21NO4. The molecule has 0 saturated carbocycles. The number of ether oxygens (including phenoxy) is 1. The van der Waals surface area contributed by atoms with Gasteiger partial charge in [0, 0.05) is 5.92 Å². The average Bonchev–Trinajstić information content (AvgIpc) is 2.85. The molecule has 0 spiro atoms. The summed E-state index contributed by atoms with van der Waals surface area (Å²) in [6.07, 6.45) is 4.21. The first kappa shape index (κ1) is 13.9. The summed E-state index contributed by atoms with van der Waals surface area (Å²) in [7, 11) is 0. The van der Waals surface area contributed by atoms with Gasteiger partial charge in [0.05, 0.1) is 12.6 Å². The number of likely N-dealkylation sites (tertiary alicyclic amines) is 1. The summed E-state index contributed by atoms with van der Waals surface area (Å²) in [5, 5.41) is 9.19. The molecule has 1 heterocycles. The molecule has 1 fully saturated rings. The zero-order chi connectivity index (χ0) is 14.2. The van der Waals surface area contributed by atoms with Crippen molar-refractivity contribution in [1.82, 2.24) is 4.90 Å². The Hall–Kier alpha value is -1.52. The molecule has 1 N–H and O–H groups in total. The Labute approximate surface area is 113 Å². The molecule has 3 unspecified atom stereocenters. The third kappa shape index (κ3) is 2.91. The Kier molecular flexibility index (Phi) is 3.56. The van der Waals surface area contributed by atoms with Crippen molar-refractivity contribution in [1.29, 1.82) is 0 Å². The summed E-state index contributed by atoms with van der Waals surface area (Å²) < 4.78 is 5.26. The lowest BCUT2D eigenvalue weighted by Gasteiger charge is -2.28. The van der Waals surface area contributed by atoms with Gasteiger partial charge in [-0.25, -0.2) is 9.59 Å². The summed E-state index contributed by atoms with van der Waals surface area (Å²) in [6, 6.07) is -0.824. The van der Waals surface area contributed by atoms with Crippen molar-refractivity contribution < 1.29 is 19.4 Å². The number of hydrogen-bond donors (Lipinski definition) is 1. The van der Waals surface area contributed by atoms with E-state index in [2.05, 4.69) is 20.8 Å². The molecule has 3 atom stereocenters. The molecular weight excluding hydrogens is 246 g/mol. The van der Waals surface area contributed by atoms with Crippen LogP contribution < -0.4 is 0 Å². The van der Waals surface area contributed by atoms with Gasteiger partial charge in [-0.05, 0) is 18.3 Å². The highest BCUT2D eigenvalue weighted by Gasteiger charge is 2.49. The van der Waals surface area contributed by atoms with Crippen LogP contribution in [0, 0.1) is 11.3 Å². The first-order valence-electron chi connectivity index (χ1n) is 6.66. The van der Waals surface area contributed by atoms with Crippen molar-refractivity contribution >= 4 is 12.1 Å². The van der Waals surface area contributed by atoms with Crippen LogP contribution in [-0.4, -0.2) is 40.8 Å². The molecule has 1 saturated heterocycles. The van der Waals surface area contributed by atoms with Gasteiger partial charge in [-0.2, -0.15) is 0 Å². The largest absolute Gasteiger partial charge is 0.465 e. The Bertz CT molecular complexity index is 410. The van der Waals surface area contributed by atoms with Crippen molar-refractivity contribution in [3.05, 3.63) is 12.2 Å². The second-order valence-electron chi connectivity index (χ2n) is 6.46. The lowest BCUT2D eigenvalue weighted by atomic mass is 9.93. The monoisotopic (exact) mass is 267 g/mol. The van der Waals surface area contributed by atoms with Gasteiger partial charge >= 0.3 is 12.1 Å². The minimum absolute atomic E-state index is 0.0248. The fourth-order valence-corrected chi connectivity index (χ4v) is 2.65. The van der Waals surface area contributed by atoms with E-state index in [0.29, 0.717) is 13.0 Å². The van der Waals surface area contributed by atoms with Gasteiger partial charge in [0.2, 0.25) is 0 Å². The molecule has 5 nitrogen and oxygen atoms in total. The smallest absolute Gasteiger partial charge is 0.408 e. The van der Waals surface area contributed by atoms with Crippen LogP contribution in [0.15, 0.2) is 12.2 Å². The van der Waals surface area contributed by atoms with Gasteiger partial charge in [0.1, 0.15) is 6.04 Å². The molecule has 2 rings (SSSR count). The standard InChI is InChI=1S/C14H21NO4/c1-14(2,3)6-7-19-12(16)11-9-4-5-10(8-9)15(11)13(17)18/h4-5,9-11H,6-8H2,1-3H3,(H,17,18). The van der Waals surface area contributed by atoms with E-state index in [-0.39, 0.29) is 17.4 Å². The predicted octanol–water partition coefficient (Wildman–Crippen LogP) is 2.27. The van der Waals surface area contributed by atoms with Crippen molar-refractivity contribution in [2.24, 2.45) is 11.3 Å². The van der Waals surface area contributed by atoms with Crippen LogP contribution in [0.5, 0.6) is 0 Å². The normalized spacial score (nSPS) is 28.8. The summed E-state index contributed by atoms with van der Waals surface area (Å²) in [5.74, 6) is -0.438. The molecule has 0 aromatic carbocycles. The molecule has 106 valence electrons. The number of carbonyl (C=O) groups excluding carboxylic acids is 1. The SMILES string of the molecule is CC(C)(C)CCOC(=O)C1C2C=CC(C2)N1C(=O)O. The second kappa shape index (κ2) is 4.87. The van der Waals surface area contributed by atoms with E-state index < -0.39 is 18.1 Å². The van der Waals surface area contributed by atoms with Crippen molar-refractivity contribution in [3.8, 4) is 0 Å². The van der Waals surface area contributed by atoms with E-state index in [9.17, 15) is 14.7 Å². The fraction of sp³-hybridized carbons (Fsp3) is 0.714. The lowest BCUT2D eigenvalue weighted by molar-refractivity contribution is -0.150. The number of nitrogens with zero attached hydrogens (tertiary/aromatic N) is 1. The maximum Gasteiger partial charge on any atom is 0.408 e. The van der Waals surface area contributed by atoms with Gasteiger partial charge in [-0.1, -0.05) is 32.9 Å². The second-order valence-corrected chi connectivity index (χ2v) is 6.46. The van der Waals surface area contributed by atoms with Gasteiger partial charge in [0.15, 0.2) is 0 Å². The minimum Gasteiger partial charge on any atom is -0.465 e. The molecule has 0 aromatic rings. The summed E-state index contributed by atoms with van der Waals surface area (Å²) in [6.45, 7) is 6.56. The quantitative estimate of drug-likeness (QED) is 0.629. The lowest BCUT2D eigenvalue weighted by Crippen LogP contribution is -2.47. The van der Waals surface area contributed by atoms with Gasteiger partial charge < -0.3 is 9.84 Å². The molecule has 2 bridgehead atoms. The highest BCUT2D eigenvalue weighted by molar-refractivity contribution is 5.83. The van der Waals surface area contributed by atoms with E-state index in [1.807, 2.05) is 12.2 Å². The summed E-state index contributed by atoms with van der Waals surface area (Å²) >= 11 is 0. The molecule has 5 heteroatoms. The molecule has 0 aromatic heterocycles. The zero-order valence-corrected chi connectivity index (χ0v) is 11.6. The summed E-state index contributed by atoms with van der Waals surface area (Å²) in [4.78, 5) is 24.5.